The fourth-order valence-corrected chi connectivity index (χ4v) is 7.44. The van der Waals surface area contributed by atoms with Crippen LogP contribution in [-0.4, -0.2) is 0 Å². The summed E-state index contributed by atoms with van der Waals surface area (Å²) < 4.78 is 0. The number of hydrogen-bond donors (Lipinski definition) is 0. The van der Waals surface area contributed by atoms with Crippen molar-refractivity contribution in [3.05, 3.63) is 161 Å². The zero-order valence-electron chi connectivity index (χ0n) is 27.9. The average molecular weight is 609 g/mol. The number of nitrogens with zero attached hydrogens (tertiary/aromatic N) is 2. The molecule has 7 aromatic carbocycles. The van der Waals surface area contributed by atoms with Gasteiger partial charge in [-0.1, -0.05) is 114 Å². The van der Waals surface area contributed by atoms with E-state index in [2.05, 4.69) is 178 Å². The standard InChI is InChI=1S/C45H40N2/c1-29-9-18-36(19-10-29)46(37-20-11-30(2)12-21-37)42-28-43(40-25-17-35-8-6-7-34-16-24-39(42)45(40)44(34)35)47(38-22-13-31(3)14-23-38)41-26-15-32(4)27-33(41)5/h6-26,28,33H,27H2,1-5H3. The Morgan fingerprint density at radius 3 is 1.45 bits per heavy atom. The fourth-order valence-electron chi connectivity index (χ4n) is 7.44. The van der Waals surface area contributed by atoms with Crippen molar-refractivity contribution in [3.63, 3.8) is 0 Å². The van der Waals surface area contributed by atoms with Crippen LogP contribution < -0.4 is 9.80 Å². The predicted octanol–water partition coefficient (Wildman–Crippen LogP) is 13.0. The molecule has 0 aromatic heterocycles. The highest BCUT2D eigenvalue weighted by molar-refractivity contribution is 6.28. The van der Waals surface area contributed by atoms with Gasteiger partial charge in [0.25, 0.3) is 0 Å². The smallest absolute Gasteiger partial charge is 0.0561 e. The van der Waals surface area contributed by atoms with Gasteiger partial charge in [-0.15, -0.1) is 0 Å². The van der Waals surface area contributed by atoms with E-state index in [0.717, 1.165) is 17.8 Å². The second-order valence-electron chi connectivity index (χ2n) is 13.5. The van der Waals surface area contributed by atoms with Gasteiger partial charge < -0.3 is 9.80 Å². The summed E-state index contributed by atoms with van der Waals surface area (Å²) >= 11 is 0. The lowest BCUT2D eigenvalue weighted by atomic mass is 9.89. The van der Waals surface area contributed by atoms with Crippen LogP contribution in [-0.2, 0) is 0 Å². The molecule has 1 aliphatic carbocycles. The van der Waals surface area contributed by atoms with E-state index >= 15 is 0 Å². The van der Waals surface area contributed by atoms with Crippen LogP contribution in [0.4, 0.5) is 28.4 Å². The molecule has 0 saturated carbocycles. The summed E-state index contributed by atoms with van der Waals surface area (Å²) in [6.07, 6.45) is 5.70. The average Bonchev–Trinajstić information content (AvgIpc) is 3.08. The Balaban J connectivity index is 1.52. The Kier molecular flexibility index (Phi) is 7.10. The van der Waals surface area contributed by atoms with Crippen molar-refractivity contribution >= 4 is 60.8 Å². The van der Waals surface area contributed by atoms with Gasteiger partial charge in [0.1, 0.15) is 0 Å². The second kappa shape index (κ2) is 11.5. The highest BCUT2D eigenvalue weighted by Crippen LogP contribution is 2.50. The van der Waals surface area contributed by atoms with E-state index in [1.165, 1.54) is 77.3 Å². The minimum absolute atomic E-state index is 0.369. The Hall–Kier alpha value is -5.34. The fraction of sp³-hybridized carbons (Fsp3) is 0.156. The zero-order chi connectivity index (χ0) is 32.2. The van der Waals surface area contributed by atoms with E-state index < -0.39 is 0 Å². The lowest BCUT2D eigenvalue weighted by Crippen LogP contribution is -2.24. The van der Waals surface area contributed by atoms with Gasteiger partial charge in [-0.2, -0.15) is 0 Å². The van der Waals surface area contributed by atoms with Crippen molar-refractivity contribution < 1.29 is 0 Å². The first-order chi connectivity index (χ1) is 22.9. The van der Waals surface area contributed by atoms with Crippen LogP contribution in [0.15, 0.2) is 145 Å². The van der Waals surface area contributed by atoms with E-state index in [-0.39, 0.29) is 0 Å². The summed E-state index contributed by atoms with van der Waals surface area (Å²) in [4.78, 5) is 4.98. The summed E-state index contributed by atoms with van der Waals surface area (Å²) in [7, 11) is 0. The topological polar surface area (TPSA) is 6.48 Å². The molecular formula is C45H40N2. The highest BCUT2D eigenvalue weighted by atomic mass is 15.2. The molecular weight excluding hydrogens is 569 g/mol. The molecule has 0 heterocycles. The van der Waals surface area contributed by atoms with Crippen LogP contribution in [0, 0.1) is 26.7 Å². The summed E-state index contributed by atoms with van der Waals surface area (Å²) in [5.74, 6) is 0.369. The monoisotopic (exact) mass is 608 g/mol. The van der Waals surface area contributed by atoms with Gasteiger partial charge in [0, 0.05) is 44.8 Å². The number of hydrogen-bond acceptors (Lipinski definition) is 2. The van der Waals surface area contributed by atoms with Gasteiger partial charge in [-0.05, 0) is 98.8 Å². The van der Waals surface area contributed by atoms with Crippen LogP contribution in [0.1, 0.15) is 37.0 Å². The van der Waals surface area contributed by atoms with E-state index in [1.54, 1.807) is 0 Å². The molecule has 0 bridgehead atoms. The molecule has 0 saturated heterocycles. The van der Waals surface area contributed by atoms with Crippen LogP contribution in [0.2, 0.25) is 0 Å². The molecule has 0 amide bonds. The van der Waals surface area contributed by atoms with Crippen LogP contribution >= 0.6 is 0 Å². The van der Waals surface area contributed by atoms with Crippen molar-refractivity contribution in [3.8, 4) is 0 Å². The van der Waals surface area contributed by atoms with Crippen LogP contribution in [0.25, 0.3) is 32.3 Å². The lowest BCUT2D eigenvalue weighted by Gasteiger charge is -2.36. The van der Waals surface area contributed by atoms with Crippen molar-refractivity contribution in [1.29, 1.82) is 0 Å². The largest absolute Gasteiger partial charge is 0.313 e. The third-order valence-corrected chi connectivity index (χ3v) is 9.89. The normalized spacial score (nSPS) is 14.9. The lowest BCUT2D eigenvalue weighted by molar-refractivity contribution is 0.648. The van der Waals surface area contributed by atoms with Crippen molar-refractivity contribution in [2.45, 2.75) is 41.0 Å². The van der Waals surface area contributed by atoms with Gasteiger partial charge in [0.2, 0.25) is 0 Å². The van der Waals surface area contributed by atoms with E-state index in [4.69, 9.17) is 0 Å². The van der Waals surface area contributed by atoms with Crippen LogP contribution in [0.3, 0.4) is 0 Å². The van der Waals surface area contributed by atoms with Gasteiger partial charge in [0.05, 0.1) is 11.4 Å². The number of allylic oxidation sites excluding steroid dienone is 4. The second-order valence-corrected chi connectivity index (χ2v) is 13.5. The number of rotatable bonds is 6. The molecule has 0 aliphatic heterocycles. The summed E-state index contributed by atoms with van der Waals surface area (Å²) in [6, 6.07) is 45.3. The maximum Gasteiger partial charge on any atom is 0.0561 e. The quantitative estimate of drug-likeness (QED) is 0.173. The minimum Gasteiger partial charge on any atom is -0.313 e. The third kappa shape index (κ3) is 5.05. The molecule has 2 nitrogen and oxygen atoms in total. The number of anilines is 5. The summed E-state index contributed by atoms with van der Waals surface area (Å²) in [5, 5.41) is 7.69. The summed E-state index contributed by atoms with van der Waals surface area (Å²) in [6.45, 7) is 11.1. The molecule has 0 N–H and O–H groups in total. The van der Waals surface area contributed by atoms with Crippen molar-refractivity contribution in [1.82, 2.24) is 0 Å². The first-order valence-corrected chi connectivity index (χ1v) is 16.7. The molecule has 1 unspecified atom stereocenters. The maximum atomic E-state index is 2.53. The third-order valence-electron chi connectivity index (χ3n) is 9.89. The van der Waals surface area contributed by atoms with E-state index in [0.29, 0.717) is 5.92 Å². The Morgan fingerprint density at radius 2 is 0.957 bits per heavy atom. The van der Waals surface area contributed by atoms with E-state index in [9.17, 15) is 0 Å². The first-order valence-electron chi connectivity index (χ1n) is 16.7. The molecule has 7 aromatic rings. The van der Waals surface area contributed by atoms with Gasteiger partial charge in [-0.3, -0.25) is 0 Å². The molecule has 0 spiro atoms. The molecule has 1 atom stereocenters. The van der Waals surface area contributed by atoms with Gasteiger partial charge in [0.15, 0.2) is 0 Å². The number of aryl methyl sites for hydroxylation is 3. The molecule has 1 aliphatic rings. The highest BCUT2D eigenvalue weighted by Gasteiger charge is 2.27. The van der Waals surface area contributed by atoms with Crippen LogP contribution in [0.5, 0.6) is 0 Å². The molecule has 2 heteroatoms. The molecule has 230 valence electrons. The molecule has 0 fully saturated rings. The summed E-state index contributed by atoms with van der Waals surface area (Å²) in [5.41, 5.74) is 12.3. The van der Waals surface area contributed by atoms with Crippen molar-refractivity contribution in [2.24, 2.45) is 5.92 Å². The molecule has 8 rings (SSSR count). The first kappa shape index (κ1) is 29.1. The molecule has 47 heavy (non-hydrogen) atoms. The predicted molar refractivity (Wildman–Crippen MR) is 203 cm³/mol. The van der Waals surface area contributed by atoms with Crippen molar-refractivity contribution in [2.75, 3.05) is 9.80 Å². The zero-order valence-corrected chi connectivity index (χ0v) is 27.9. The number of benzene rings is 7. The maximum absolute atomic E-state index is 2.53. The van der Waals surface area contributed by atoms with Gasteiger partial charge >= 0.3 is 0 Å². The molecule has 0 radical (unpaired) electrons. The Morgan fingerprint density at radius 1 is 0.489 bits per heavy atom. The van der Waals surface area contributed by atoms with E-state index in [1.807, 2.05) is 0 Å². The Labute approximate surface area is 278 Å². The minimum atomic E-state index is 0.369. The SMILES string of the molecule is CC1=CC=C(N(c2ccc(C)cc2)c2cc(N(c3ccc(C)cc3)c3ccc(C)cc3)c3ccc4cccc5ccc2c3c54)C(C)C1. The Bertz CT molecular complexity index is 2240. The van der Waals surface area contributed by atoms with Gasteiger partial charge in [-0.25, -0.2) is 0 Å².